The molecule has 0 aliphatic rings. The number of nitrogens with zero attached hydrogens (tertiary/aromatic N) is 3. The van der Waals surface area contributed by atoms with E-state index in [0.717, 1.165) is 11.3 Å². The second-order valence-electron chi connectivity index (χ2n) is 5.51. The van der Waals surface area contributed by atoms with E-state index in [1.54, 1.807) is 17.3 Å². The number of hydrogen-bond acceptors (Lipinski definition) is 2. The molecule has 1 aromatic carbocycles. The fourth-order valence-electron chi connectivity index (χ4n) is 2.53. The van der Waals surface area contributed by atoms with Crippen LogP contribution in [0.4, 0.5) is 0 Å². The van der Waals surface area contributed by atoms with Crippen molar-refractivity contribution >= 4 is 5.91 Å². The Morgan fingerprint density at radius 3 is 2.26 bits per heavy atom. The van der Waals surface area contributed by atoms with Gasteiger partial charge in [-0.05, 0) is 61.0 Å². The first-order valence-corrected chi connectivity index (χ1v) is 7.57. The van der Waals surface area contributed by atoms with Gasteiger partial charge in [0.2, 0.25) is 0 Å². The standard InChI is InChI=1S/C19H19N3O/c1-15(16-9-11-20-12-10-16)21(2)19(23)17-5-7-18(8-6-17)22-13-3-4-14-22/h3-15H,1-2H3/t15-/m0/s1. The molecule has 3 rings (SSSR count). The van der Waals surface area contributed by atoms with Gasteiger partial charge in [0, 0.05) is 43.1 Å². The van der Waals surface area contributed by atoms with Crippen molar-refractivity contribution in [2.24, 2.45) is 0 Å². The minimum atomic E-state index is -0.00498. The molecule has 0 radical (unpaired) electrons. The zero-order valence-electron chi connectivity index (χ0n) is 13.3. The lowest BCUT2D eigenvalue weighted by Gasteiger charge is -2.25. The molecule has 0 aliphatic heterocycles. The summed E-state index contributed by atoms with van der Waals surface area (Å²) in [5, 5.41) is 0. The van der Waals surface area contributed by atoms with E-state index in [4.69, 9.17) is 0 Å². The molecular formula is C19H19N3O. The summed E-state index contributed by atoms with van der Waals surface area (Å²) in [5.41, 5.74) is 2.79. The Bertz CT molecular complexity index is 764. The molecule has 3 aromatic rings. The van der Waals surface area contributed by atoms with Gasteiger partial charge in [-0.3, -0.25) is 9.78 Å². The van der Waals surface area contributed by atoms with Crippen LogP contribution in [0.3, 0.4) is 0 Å². The second-order valence-corrected chi connectivity index (χ2v) is 5.51. The number of pyridine rings is 1. The van der Waals surface area contributed by atoms with E-state index in [-0.39, 0.29) is 11.9 Å². The average Bonchev–Trinajstić information content (AvgIpc) is 3.15. The van der Waals surface area contributed by atoms with Crippen molar-refractivity contribution in [2.45, 2.75) is 13.0 Å². The summed E-state index contributed by atoms with van der Waals surface area (Å²) in [5.74, 6) is 0.00775. The van der Waals surface area contributed by atoms with Crippen molar-refractivity contribution in [1.29, 1.82) is 0 Å². The van der Waals surface area contributed by atoms with Gasteiger partial charge < -0.3 is 9.47 Å². The lowest BCUT2D eigenvalue weighted by atomic mass is 10.1. The van der Waals surface area contributed by atoms with Crippen molar-refractivity contribution in [3.05, 3.63) is 84.4 Å². The van der Waals surface area contributed by atoms with Crippen molar-refractivity contribution in [1.82, 2.24) is 14.5 Å². The van der Waals surface area contributed by atoms with Gasteiger partial charge in [-0.25, -0.2) is 0 Å². The molecule has 2 heterocycles. The van der Waals surface area contributed by atoms with Crippen LogP contribution < -0.4 is 0 Å². The highest BCUT2D eigenvalue weighted by Crippen LogP contribution is 2.20. The van der Waals surface area contributed by atoms with Gasteiger partial charge in [0.25, 0.3) is 5.91 Å². The number of carbonyl (C=O) groups excluding carboxylic acids is 1. The van der Waals surface area contributed by atoms with Gasteiger partial charge >= 0.3 is 0 Å². The van der Waals surface area contributed by atoms with E-state index in [1.165, 1.54) is 0 Å². The highest BCUT2D eigenvalue weighted by Gasteiger charge is 2.18. The number of hydrogen-bond donors (Lipinski definition) is 0. The van der Waals surface area contributed by atoms with E-state index in [9.17, 15) is 4.79 Å². The number of carbonyl (C=O) groups is 1. The summed E-state index contributed by atoms with van der Waals surface area (Å²) in [6, 6.07) is 15.5. The fraction of sp³-hybridized carbons (Fsp3) is 0.158. The molecule has 23 heavy (non-hydrogen) atoms. The van der Waals surface area contributed by atoms with E-state index in [1.807, 2.05) is 79.5 Å². The van der Waals surface area contributed by atoms with Gasteiger partial charge in [0.15, 0.2) is 0 Å². The van der Waals surface area contributed by atoms with Crippen LogP contribution in [-0.4, -0.2) is 27.4 Å². The summed E-state index contributed by atoms with van der Waals surface area (Å²) in [6.07, 6.45) is 7.45. The smallest absolute Gasteiger partial charge is 0.254 e. The number of benzene rings is 1. The molecule has 0 saturated carbocycles. The third kappa shape index (κ3) is 3.16. The van der Waals surface area contributed by atoms with Crippen LogP contribution in [0.25, 0.3) is 5.69 Å². The lowest BCUT2D eigenvalue weighted by Crippen LogP contribution is -2.29. The monoisotopic (exact) mass is 305 g/mol. The van der Waals surface area contributed by atoms with E-state index in [2.05, 4.69) is 4.98 Å². The maximum absolute atomic E-state index is 12.7. The molecule has 0 bridgehead atoms. The Balaban J connectivity index is 1.77. The first-order valence-electron chi connectivity index (χ1n) is 7.57. The molecule has 1 atom stereocenters. The minimum Gasteiger partial charge on any atom is -0.335 e. The molecule has 4 heteroatoms. The highest BCUT2D eigenvalue weighted by molar-refractivity contribution is 5.94. The number of rotatable bonds is 4. The van der Waals surface area contributed by atoms with Gasteiger partial charge in [-0.1, -0.05) is 0 Å². The molecule has 0 N–H and O–H groups in total. The zero-order valence-corrected chi connectivity index (χ0v) is 13.3. The largest absolute Gasteiger partial charge is 0.335 e. The molecule has 0 unspecified atom stereocenters. The third-order valence-corrected chi connectivity index (χ3v) is 4.11. The van der Waals surface area contributed by atoms with Crippen LogP contribution >= 0.6 is 0 Å². The van der Waals surface area contributed by atoms with Crippen LogP contribution in [0.15, 0.2) is 73.3 Å². The molecule has 1 amide bonds. The molecule has 0 saturated heterocycles. The van der Waals surface area contributed by atoms with E-state index >= 15 is 0 Å². The Morgan fingerprint density at radius 1 is 1.04 bits per heavy atom. The predicted molar refractivity (Wildman–Crippen MR) is 90.5 cm³/mol. The summed E-state index contributed by atoms with van der Waals surface area (Å²) < 4.78 is 2.01. The first-order chi connectivity index (χ1) is 11.2. The Labute approximate surface area is 136 Å². The summed E-state index contributed by atoms with van der Waals surface area (Å²) in [7, 11) is 1.83. The Kier molecular flexibility index (Phi) is 4.24. The Morgan fingerprint density at radius 2 is 1.65 bits per heavy atom. The van der Waals surface area contributed by atoms with Crippen LogP contribution in [-0.2, 0) is 0 Å². The van der Waals surface area contributed by atoms with Gasteiger partial charge in [0.1, 0.15) is 0 Å². The molecular weight excluding hydrogens is 286 g/mol. The van der Waals surface area contributed by atoms with E-state index in [0.29, 0.717) is 5.56 Å². The number of amides is 1. The molecule has 116 valence electrons. The summed E-state index contributed by atoms with van der Waals surface area (Å²) in [4.78, 5) is 18.4. The molecule has 0 spiro atoms. The fourth-order valence-corrected chi connectivity index (χ4v) is 2.53. The maximum atomic E-state index is 12.7. The second kappa shape index (κ2) is 6.48. The third-order valence-electron chi connectivity index (χ3n) is 4.11. The normalized spacial score (nSPS) is 11.9. The van der Waals surface area contributed by atoms with Crippen molar-refractivity contribution in [3.8, 4) is 5.69 Å². The van der Waals surface area contributed by atoms with Gasteiger partial charge in [-0.15, -0.1) is 0 Å². The van der Waals surface area contributed by atoms with Crippen LogP contribution in [0, 0.1) is 0 Å². The average molecular weight is 305 g/mol. The molecule has 0 aliphatic carbocycles. The molecule has 4 nitrogen and oxygen atoms in total. The maximum Gasteiger partial charge on any atom is 0.254 e. The predicted octanol–water partition coefficient (Wildman–Crippen LogP) is 3.71. The molecule has 0 fully saturated rings. The van der Waals surface area contributed by atoms with Gasteiger partial charge in [0.05, 0.1) is 6.04 Å². The minimum absolute atomic E-state index is 0.00498. The van der Waals surface area contributed by atoms with Crippen molar-refractivity contribution in [2.75, 3.05) is 7.05 Å². The van der Waals surface area contributed by atoms with Crippen molar-refractivity contribution in [3.63, 3.8) is 0 Å². The Hall–Kier alpha value is -2.88. The highest BCUT2D eigenvalue weighted by atomic mass is 16.2. The quantitative estimate of drug-likeness (QED) is 0.737. The van der Waals surface area contributed by atoms with Crippen LogP contribution in [0.1, 0.15) is 28.9 Å². The molecule has 2 aromatic heterocycles. The first kappa shape index (κ1) is 15.0. The lowest BCUT2D eigenvalue weighted by molar-refractivity contribution is 0.0742. The zero-order chi connectivity index (χ0) is 16.2. The SMILES string of the molecule is C[C@@H](c1ccncc1)N(C)C(=O)c1ccc(-n2cccc2)cc1. The van der Waals surface area contributed by atoms with E-state index < -0.39 is 0 Å². The van der Waals surface area contributed by atoms with Crippen molar-refractivity contribution < 1.29 is 4.79 Å². The number of aromatic nitrogens is 2. The van der Waals surface area contributed by atoms with Crippen LogP contribution in [0.2, 0.25) is 0 Å². The topological polar surface area (TPSA) is 38.1 Å². The summed E-state index contributed by atoms with van der Waals surface area (Å²) in [6.45, 7) is 2.02. The van der Waals surface area contributed by atoms with Gasteiger partial charge in [-0.2, -0.15) is 0 Å². The summed E-state index contributed by atoms with van der Waals surface area (Å²) >= 11 is 0. The van der Waals surface area contributed by atoms with Crippen LogP contribution in [0.5, 0.6) is 0 Å².